The Labute approximate surface area is 116 Å². The number of hydrogen-bond acceptors (Lipinski definition) is 3. The summed E-state index contributed by atoms with van der Waals surface area (Å²) < 4.78 is 5.82. The molecule has 3 aromatic rings. The second-order valence-corrected chi connectivity index (χ2v) is 4.64. The summed E-state index contributed by atoms with van der Waals surface area (Å²) in [7, 11) is 0. The maximum Gasteiger partial charge on any atom is 0.258 e. The Balaban J connectivity index is 1.92. The second-order valence-electron chi connectivity index (χ2n) is 4.64. The van der Waals surface area contributed by atoms with Crippen LogP contribution in [-0.2, 0) is 6.61 Å². The van der Waals surface area contributed by atoms with Crippen LogP contribution in [0.5, 0.6) is 5.75 Å². The summed E-state index contributed by atoms with van der Waals surface area (Å²) in [4.78, 5) is 18.4. The predicted octanol–water partition coefficient (Wildman–Crippen LogP) is 2.81. The normalized spacial score (nSPS) is 10.7. The summed E-state index contributed by atoms with van der Waals surface area (Å²) in [5, 5.41) is 0.581. The summed E-state index contributed by atoms with van der Waals surface area (Å²) in [6.07, 6.45) is 1.40. The van der Waals surface area contributed by atoms with Crippen LogP contribution in [0, 0.1) is 6.92 Å². The van der Waals surface area contributed by atoms with Gasteiger partial charge < -0.3 is 9.72 Å². The first kappa shape index (κ1) is 12.4. The van der Waals surface area contributed by atoms with Crippen LogP contribution in [0.3, 0.4) is 0 Å². The minimum absolute atomic E-state index is 0.132. The third kappa shape index (κ3) is 2.40. The number of aromatic nitrogens is 2. The number of fused-ring (bicyclic) bond motifs is 1. The van der Waals surface area contributed by atoms with Crippen LogP contribution in [0.2, 0.25) is 0 Å². The van der Waals surface area contributed by atoms with E-state index in [0.29, 0.717) is 17.5 Å². The number of aryl methyl sites for hydroxylation is 1. The number of nitrogens with zero attached hydrogens (tertiary/aromatic N) is 1. The third-order valence-corrected chi connectivity index (χ3v) is 3.17. The SMILES string of the molecule is Cc1cc2c(=O)[nH]cnc2cc1OCc1ccccc1. The van der Waals surface area contributed by atoms with Crippen LogP contribution in [0.4, 0.5) is 0 Å². The van der Waals surface area contributed by atoms with Crippen molar-refractivity contribution in [3.05, 3.63) is 70.3 Å². The molecule has 0 saturated carbocycles. The number of nitrogens with one attached hydrogen (secondary N) is 1. The molecule has 100 valence electrons. The molecule has 0 unspecified atom stereocenters. The molecule has 2 aromatic carbocycles. The summed E-state index contributed by atoms with van der Waals surface area (Å²) in [5.74, 6) is 0.749. The van der Waals surface area contributed by atoms with Crippen LogP contribution in [0.15, 0.2) is 53.6 Å². The average Bonchev–Trinajstić information content (AvgIpc) is 2.47. The van der Waals surface area contributed by atoms with Gasteiger partial charge in [0.1, 0.15) is 12.4 Å². The van der Waals surface area contributed by atoms with Gasteiger partial charge in [-0.15, -0.1) is 0 Å². The van der Waals surface area contributed by atoms with Gasteiger partial charge >= 0.3 is 0 Å². The molecule has 0 aliphatic carbocycles. The smallest absolute Gasteiger partial charge is 0.258 e. The highest BCUT2D eigenvalue weighted by atomic mass is 16.5. The lowest BCUT2D eigenvalue weighted by molar-refractivity contribution is 0.304. The Morgan fingerprint density at radius 3 is 2.80 bits per heavy atom. The molecule has 1 N–H and O–H groups in total. The van der Waals surface area contributed by atoms with Crippen molar-refractivity contribution in [2.24, 2.45) is 0 Å². The highest BCUT2D eigenvalue weighted by Gasteiger charge is 2.06. The Morgan fingerprint density at radius 1 is 1.20 bits per heavy atom. The van der Waals surface area contributed by atoms with E-state index in [1.165, 1.54) is 6.33 Å². The molecule has 4 heteroatoms. The summed E-state index contributed by atoms with van der Waals surface area (Å²) in [6, 6.07) is 13.6. The molecular weight excluding hydrogens is 252 g/mol. The molecule has 4 nitrogen and oxygen atoms in total. The van der Waals surface area contributed by atoms with Crippen LogP contribution >= 0.6 is 0 Å². The maximum absolute atomic E-state index is 11.7. The van der Waals surface area contributed by atoms with Crippen LogP contribution in [0.1, 0.15) is 11.1 Å². The number of aromatic amines is 1. The first-order chi connectivity index (χ1) is 9.74. The molecule has 0 aliphatic rings. The van der Waals surface area contributed by atoms with E-state index in [0.717, 1.165) is 16.9 Å². The van der Waals surface area contributed by atoms with Crippen molar-refractivity contribution in [3.63, 3.8) is 0 Å². The molecule has 1 aromatic heterocycles. The summed E-state index contributed by atoms with van der Waals surface area (Å²) in [5.41, 5.74) is 2.54. The van der Waals surface area contributed by atoms with Gasteiger partial charge in [0.05, 0.1) is 17.2 Å². The molecule has 0 bridgehead atoms. The van der Waals surface area contributed by atoms with Gasteiger partial charge in [-0.05, 0) is 24.1 Å². The Morgan fingerprint density at radius 2 is 2.00 bits per heavy atom. The van der Waals surface area contributed by atoms with E-state index in [-0.39, 0.29) is 5.56 Å². The average molecular weight is 266 g/mol. The van der Waals surface area contributed by atoms with Gasteiger partial charge in [-0.1, -0.05) is 30.3 Å². The number of H-pyrrole nitrogens is 1. The van der Waals surface area contributed by atoms with Gasteiger partial charge in [-0.25, -0.2) is 4.98 Å². The molecule has 0 radical (unpaired) electrons. The van der Waals surface area contributed by atoms with E-state index in [9.17, 15) is 4.79 Å². The standard InChI is InChI=1S/C16H14N2O2/c1-11-7-13-14(17-10-18-16(13)19)8-15(11)20-9-12-5-3-2-4-6-12/h2-8,10H,9H2,1H3,(H,17,18,19). The molecule has 3 rings (SSSR count). The first-order valence-corrected chi connectivity index (χ1v) is 6.39. The molecule has 0 spiro atoms. The van der Waals surface area contributed by atoms with E-state index >= 15 is 0 Å². The fraction of sp³-hybridized carbons (Fsp3) is 0.125. The van der Waals surface area contributed by atoms with Crippen LogP contribution in [0.25, 0.3) is 10.9 Å². The quantitative estimate of drug-likeness (QED) is 0.793. The zero-order chi connectivity index (χ0) is 13.9. The zero-order valence-electron chi connectivity index (χ0n) is 11.1. The van der Waals surface area contributed by atoms with Crippen molar-refractivity contribution in [2.45, 2.75) is 13.5 Å². The molecule has 20 heavy (non-hydrogen) atoms. The molecule has 0 fully saturated rings. The van der Waals surface area contributed by atoms with Crippen molar-refractivity contribution in [1.29, 1.82) is 0 Å². The minimum atomic E-state index is -0.132. The van der Waals surface area contributed by atoms with Crippen molar-refractivity contribution in [2.75, 3.05) is 0 Å². The Hall–Kier alpha value is -2.62. The van der Waals surface area contributed by atoms with E-state index < -0.39 is 0 Å². The number of benzene rings is 2. The minimum Gasteiger partial charge on any atom is -0.489 e. The molecule has 0 amide bonds. The monoisotopic (exact) mass is 266 g/mol. The topological polar surface area (TPSA) is 55.0 Å². The van der Waals surface area contributed by atoms with E-state index in [2.05, 4.69) is 9.97 Å². The van der Waals surface area contributed by atoms with Gasteiger partial charge in [-0.3, -0.25) is 4.79 Å². The molecule has 0 atom stereocenters. The molecule has 0 saturated heterocycles. The number of ether oxygens (including phenoxy) is 1. The zero-order valence-corrected chi connectivity index (χ0v) is 11.1. The molecular formula is C16H14N2O2. The number of hydrogen-bond donors (Lipinski definition) is 1. The highest BCUT2D eigenvalue weighted by molar-refractivity contribution is 5.80. The largest absolute Gasteiger partial charge is 0.489 e. The second kappa shape index (κ2) is 5.17. The molecule has 1 heterocycles. The highest BCUT2D eigenvalue weighted by Crippen LogP contribution is 2.23. The van der Waals surface area contributed by atoms with E-state index in [1.54, 1.807) is 0 Å². The fourth-order valence-electron chi connectivity index (χ4n) is 2.10. The predicted molar refractivity (Wildman–Crippen MR) is 77.9 cm³/mol. The third-order valence-electron chi connectivity index (χ3n) is 3.17. The van der Waals surface area contributed by atoms with Gasteiger partial charge in [0.25, 0.3) is 5.56 Å². The van der Waals surface area contributed by atoms with Crippen LogP contribution < -0.4 is 10.3 Å². The first-order valence-electron chi connectivity index (χ1n) is 6.39. The lowest BCUT2D eigenvalue weighted by Gasteiger charge is -2.10. The van der Waals surface area contributed by atoms with Gasteiger partial charge in [0.2, 0.25) is 0 Å². The summed E-state index contributed by atoms with van der Waals surface area (Å²) >= 11 is 0. The lowest BCUT2D eigenvalue weighted by Crippen LogP contribution is -2.07. The van der Waals surface area contributed by atoms with Gasteiger partial charge in [-0.2, -0.15) is 0 Å². The number of rotatable bonds is 3. The van der Waals surface area contributed by atoms with Gasteiger partial charge in [0.15, 0.2) is 0 Å². The van der Waals surface area contributed by atoms with Crippen LogP contribution in [-0.4, -0.2) is 9.97 Å². The van der Waals surface area contributed by atoms with Gasteiger partial charge in [0, 0.05) is 6.07 Å². The van der Waals surface area contributed by atoms with Crippen molar-refractivity contribution >= 4 is 10.9 Å². The Bertz CT molecular complexity index is 794. The Kier molecular flexibility index (Phi) is 3.21. The van der Waals surface area contributed by atoms with Crippen molar-refractivity contribution in [3.8, 4) is 5.75 Å². The van der Waals surface area contributed by atoms with E-state index in [1.807, 2.05) is 49.4 Å². The fourth-order valence-corrected chi connectivity index (χ4v) is 2.10. The van der Waals surface area contributed by atoms with Crippen molar-refractivity contribution < 1.29 is 4.74 Å². The lowest BCUT2D eigenvalue weighted by atomic mass is 10.1. The van der Waals surface area contributed by atoms with E-state index in [4.69, 9.17) is 4.74 Å². The van der Waals surface area contributed by atoms with Crippen molar-refractivity contribution in [1.82, 2.24) is 9.97 Å². The molecule has 0 aliphatic heterocycles. The maximum atomic E-state index is 11.7. The summed E-state index contributed by atoms with van der Waals surface area (Å²) in [6.45, 7) is 2.42.